The number of carbonyl (C=O) groups excluding carboxylic acids is 1. The van der Waals surface area contributed by atoms with Crippen molar-refractivity contribution in [3.8, 4) is 11.5 Å². The fourth-order valence-electron chi connectivity index (χ4n) is 1.21. The zero-order chi connectivity index (χ0) is 13.5. The maximum absolute atomic E-state index is 11.2. The van der Waals surface area contributed by atoms with E-state index in [1.54, 1.807) is 19.1 Å². The Morgan fingerprint density at radius 1 is 1.44 bits per heavy atom. The van der Waals surface area contributed by atoms with E-state index < -0.39 is 4.92 Å². The molecule has 18 heavy (non-hydrogen) atoms. The highest BCUT2D eigenvalue weighted by Crippen LogP contribution is 2.28. The van der Waals surface area contributed by atoms with Crippen LogP contribution in [0.25, 0.3) is 6.08 Å². The van der Waals surface area contributed by atoms with Gasteiger partial charge in [-0.2, -0.15) is 0 Å². The molecule has 0 fully saturated rings. The molecule has 0 saturated heterocycles. The van der Waals surface area contributed by atoms with E-state index in [2.05, 4.69) is 0 Å². The van der Waals surface area contributed by atoms with Crippen molar-refractivity contribution in [3.63, 3.8) is 0 Å². The average molecular weight is 251 g/mol. The van der Waals surface area contributed by atoms with Gasteiger partial charge in [-0.05, 0) is 17.7 Å². The van der Waals surface area contributed by atoms with Crippen LogP contribution in [-0.4, -0.2) is 18.0 Å². The maximum atomic E-state index is 11.2. The number of benzene rings is 1. The molecule has 0 aliphatic rings. The van der Waals surface area contributed by atoms with Gasteiger partial charge in [0.05, 0.1) is 12.0 Å². The molecule has 0 aliphatic heterocycles. The highest BCUT2D eigenvalue weighted by molar-refractivity contribution is 5.73. The number of methoxy groups -OCH3 is 1. The molecule has 1 aromatic rings. The smallest absolute Gasteiger partial charge is 0.311 e. The maximum Gasteiger partial charge on any atom is 0.311 e. The number of esters is 1. The normalized spacial score (nSPS) is 10.3. The molecule has 0 amide bonds. The number of hydrogen-bond acceptors (Lipinski definition) is 5. The zero-order valence-electron chi connectivity index (χ0n) is 10.1. The van der Waals surface area contributed by atoms with Crippen LogP contribution in [0.1, 0.15) is 18.9 Å². The van der Waals surface area contributed by atoms with Crippen LogP contribution in [-0.2, 0) is 4.79 Å². The van der Waals surface area contributed by atoms with Crippen molar-refractivity contribution < 1.29 is 19.2 Å². The number of nitrogens with zero attached hydrogens (tertiary/aromatic N) is 1. The van der Waals surface area contributed by atoms with E-state index in [1.165, 1.54) is 19.3 Å². The van der Waals surface area contributed by atoms with Crippen molar-refractivity contribution >= 4 is 12.0 Å². The van der Waals surface area contributed by atoms with Crippen molar-refractivity contribution in [1.29, 1.82) is 0 Å². The molecule has 1 aromatic carbocycles. The molecule has 0 aromatic heterocycles. The first-order valence-corrected chi connectivity index (χ1v) is 5.27. The molecular weight excluding hydrogens is 238 g/mol. The third-order valence-electron chi connectivity index (χ3n) is 2.09. The highest BCUT2D eigenvalue weighted by atomic mass is 16.6. The quantitative estimate of drug-likeness (QED) is 0.347. The van der Waals surface area contributed by atoms with Crippen molar-refractivity contribution in [2.45, 2.75) is 13.3 Å². The molecule has 96 valence electrons. The molecule has 0 unspecified atom stereocenters. The summed E-state index contributed by atoms with van der Waals surface area (Å²) in [5.41, 5.74) is 0.583. The number of carbonyl (C=O) groups is 1. The van der Waals surface area contributed by atoms with E-state index in [4.69, 9.17) is 9.47 Å². The van der Waals surface area contributed by atoms with Crippen LogP contribution in [0, 0.1) is 10.1 Å². The van der Waals surface area contributed by atoms with Crippen molar-refractivity contribution in [2.75, 3.05) is 7.11 Å². The largest absolute Gasteiger partial charge is 0.493 e. The molecule has 0 spiro atoms. The predicted molar refractivity (Wildman–Crippen MR) is 64.9 cm³/mol. The fourth-order valence-corrected chi connectivity index (χ4v) is 1.21. The summed E-state index contributed by atoms with van der Waals surface area (Å²) in [4.78, 5) is 20.8. The van der Waals surface area contributed by atoms with Gasteiger partial charge in [-0.1, -0.05) is 13.0 Å². The molecule has 0 radical (unpaired) electrons. The second-order valence-electron chi connectivity index (χ2n) is 3.34. The molecule has 0 aliphatic carbocycles. The SMILES string of the molecule is CCC(=O)Oc1ccc(C=C[N+](=O)[O-])cc1OC. The van der Waals surface area contributed by atoms with E-state index >= 15 is 0 Å². The lowest BCUT2D eigenvalue weighted by Gasteiger charge is -2.08. The summed E-state index contributed by atoms with van der Waals surface area (Å²) in [5, 5.41) is 10.2. The van der Waals surface area contributed by atoms with Crippen LogP contribution >= 0.6 is 0 Å². The van der Waals surface area contributed by atoms with Gasteiger partial charge in [-0.15, -0.1) is 0 Å². The molecular formula is C12H13NO5. The monoisotopic (exact) mass is 251 g/mol. The van der Waals surface area contributed by atoms with Crippen LogP contribution in [0.3, 0.4) is 0 Å². The predicted octanol–water partition coefficient (Wildman–Crippen LogP) is 2.26. The molecule has 0 heterocycles. The van der Waals surface area contributed by atoms with Gasteiger partial charge >= 0.3 is 5.97 Å². The minimum absolute atomic E-state index is 0.256. The first-order chi connectivity index (χ1) is 8.56. The van der Waals surface area contributed by atoms with Gasteiger partial charge in [0, 0.05) is 12.5 Å². The van der Waals surface area contributed by atoms with Crippen molar-refractivity contribution in [2.24, 2.45) is 0 Å². The Hall–Kier alpha value is -2.37. The third-order valence-corrected chi connectivity index (χ3v) is 2.09. The van der Waals surface area contributed by atoms with E-state index in [9.17, 15) is 14.9 Å². The number of nitro groups is 1. The van der Waals surface area contributed by atoms with Gasteiger partial charge in [0.25, 0.3) is 0 Å². The van der Waals surface area contributed by atoms with Gasteiger partial charge in [0.15, 0.2) is 11.5 Å². The zero-order valence-corrected chi connectivity index (χ0v) is 10.1. The summed E-state index contributed by atoms with van der Waals surface area (Å²) in [7, 11) is 1.43. The molecule has 6 heteroatoms. The van der Waals surface area contributed by atoms with E-state index in [-0.39, 0.29) is 12.4 Å². The Labute approximate surface area is 104 Å². The number of ether oxygens (including phenoxy) is 2. The van der Waals surface area contributed by atoms with E-state index in [0.717, 1.165) is 6.20 Å². The first-order valence-electron chi connectivity index (χ1n) is 5.27. The van der Waals surface area contributed by atoms with Gasteiger partial charge in [-0.3, -0.25) is 14.9 Å². The lowest BCUT2D eigenvalue weighted by Crippen LogP contribution is -2.06. The van der Waals surface area contributed by atoms with E-state index in [1.807, 2.05) is 0 Å². The summed E-state index contributed by atoms with van der Waals surface area (Å²) in [5.74, 6) is 0.270. The first kappa shape index (κ1) is 13.7. The van der Waals surface area contributed by atoms with Gasteiger partial charge in [-0.25, -0.2) is 0 Å². The molecule has 1 rings (SSSR count). The Morgan fingerprint density at radius 2 is 2.17 bits per heavy atom. The number of hydrogen-bond donors (Lipinski definition) is 0. The summed E-state index contributed by atoms with van der Waals surface area (Å²) < 4.78 is 10.1. The summed E-state index contributed by atoms with van der Waals surface area (Å²) in [6.45, 7) is 1.68. The van der Waals surface area contributed by atoms with Crippen LogP contribution in [0.5, 0.6) is 11.5 Å². The Bertz CT molecular complexity index is 481. The standard InChI is InChI=1S/C12H13NO5/c1-3-12(14)18-10-5-4-9(6-7-13(15)16)8-11(10)17-2/h4-8H,3H2,1-2H3. The molecule has 0 saturated carbocycles. The molecule has 0 bridgehead atoms. The van der Waals surface area contributed by atoms with Gasteiger partial charge in [0.2, 0.25) is 6.20 Å². The minimum atomic E-state index is -0.558. The summed E-state index contributed by atoms with van der Waals surface area (Å²) in [6.07, 6.45) is 2.41. The van der Waals surface area contributed by atoms with Crippen molar-refractivity contribution in [1.82, 2.24) is 0 Å². The van der Waals surface area contributed by atoms with Crippen molar-refractivity contribution in [3.05, 3.63) is 40.1 Å². The second kappa shape index (κ2) is 6.39. The Balaban J connectivity index is 2.96. The van der Waals surface area contributed by atoms with Crippen LogP contribution < -0.4 is 9.47 Å². The Kier molecular flexibility index (Phi) is 4.86. The molecule has 6 nitrogen and oxygen atoms in total. The summed E-state index contributed by atoms with van der Waals surface area (Å²) in [6, 6.07) is 4.69. The second-order valence-corrected chi connectivity index (χ2v) is 3.34. The minimum Gasteiger partial charge on any atom is -0.493 e. The van der Waals surface area contributed by atoms with Gasteiger partial charge in [0.1, 0.15) is 0 Å². The lowest BCUT2D eigenvalue weighted by molar-refractivity contribution is -0.400. The Morgan fingerprint density at radius 3 is 2.72 bits per heavy atom. The van der Waals surface area contributed by atoms with Crippen LogP contribution in [0.4, 0.5) is 0 Å². The average Bonchev–Trinajstić information content (AvgIpc) is 2.37. The van der Waals surface area contributed by atoms with E-state index in [0.29, 0.717) is 17.1 Å². The fraction of sp³-hybridized carbons (Fsp3) is 0.250. The van der Waals surface area contributed by atoms with Crippen LogP contribution in [0.15, 0.2) is 24.4 Å². The third kappa shape index (κ3) is 3.89. The molecule has 0 N–H and O–H groups in total. The lowest BCUT2D eigenvalue weighted by atomic mass is 10.2. The molecule has 0 atom stereocenters. The topological polar surface area (TPSA) is 78.7 Å². The highest BCUT2D eigenvalue weighted by Gasteiger charge is 2.08. The number of rotatable bonds is 5. The summed E-state index contributed by atoms with van der Waals surface area (Å²) >= 11 is 0. The van der Waals surface area contributed by atoms with Gasteiger partial charge < -0.3 is 9.47 Å². The van der Waals surface area contributed by atoms with Crippen LogP contribution in [0.2, 0.25) is 0 Å².